The number of halogens is 1. The number of carbonyl (C=O) groups is 1. The lowest BCUT2D eigenvalue weighted by Crippen LogP contribution is -2.48. The molecule has 0 aliphatic carbocycles. The predicted molar refractivity (Wildman–Crippen MR) is 87.6 cm³/mol. The lowest BCUT2D eigenvalue weighted by Gasteiger charge is -2.34. The number of aromatic nitrogens is 2. The van der Waals surface area contributed by atoms with E-state index in [2.05, 4.69) is 16.8 Å². The monoisotopic (exact) mass is 320 g/mol. The van der Waals surface area contributed by atoms with E-state index >= 15 is 0 Å². The number of aryl methyl sites for hydroxylation is 1. The first kappa shape index (κ1) is 15.3. The number of hydrogen-bond donors (Lipinski definition) is 0. The van der Waals surface area contributed by atoms with Crippen LogP contribution < -0.4 is 0 Å². The number of pyridine rings is 1. The zero-order valence-electron chi connectivity index (χ0n) is 13.0. The zero-order valence-corrected chi connectivity index (χ0v) is 13.8. The molecule has 1 aliphatic rings. The van der Waals surface area contributed by atoms with Crippen LogP contribution in [0.2, 0.25) is 5.02 Å². The molecule has 0 N–H and O–H groups in total. The summed E-state index contributed by atoms with van der Waals surface area (Å²) in [6.07, 6.45) is 2.51. The fraction of sp³-hybridized carbons (Fsp3) is 0.500. The van der Waals surface area contributed by atoms with E-state index in [-0.39, 0.29) is 5.91 Å². The Morgan fingerprint density at radius 3 is 2.59 bits per heavy atom. The Labute approximate surface area is 135 Å². The van der Waals surface area contributed by atoms with Crippen molar-refractivity contribution < 1.29 is 4.79 Å². The summed E-state index contributed by atoms with van der Waals surface area (Å²) in [5.74, 6) is 0.0577. The largest absolute Gasteiger partial charge is 0.335 e. The molecule has 1 fully saturated rings. The van der Waals surface area contributed by atoms with Crippen LogP contribution in [0.25, 0.3) is 5.65 Å². The molecular weight excluding hydrogens is 300 g/mol. The standard InChI is InChI=1S/C16H21ClN4O/c1-3-13-15(21-11-12(17)5-6-14(21)18-13)16(22)20-9-7-19(4-2)8-10-20/h5-6,11H,3-4,7-10H2,1-2H3. The summed E-state index contributed by atoms with van der Waals surface area (Å²) in [5, 5.41) is 0.609. The lowest BCUT2D eigenvalue weighted by molar-refractivity contribution is 0.0635. The van der Waals surface area contributed by atoms with Gasteiger partial charge in [0.1, 0.15) is 11.3 Å². The number of likely N-dealkylation sites (N-methyl/N-ethyl adjacent to an activating group) is 1. The fourth-order valence-electron chi connectivity index (χ4n) is 2.96. The summed E-state index contributed by atoms with van der Waals surface area (Å²) in [6.45, 7) is 8.61. The quantitative estimate of drug-likeness (QED) is 0.871. The molecule has 22 heavy (non-hydrogen) atoms. The van der Waals surface area contributed by atoms with E-state index in [9.17, 15) is 4.79 Å². The number of fused-ring (bicyclic) bond motifs is 1. The average molecular weight is 321 g/mol. The summed E-state index contributed by atoms with van der Waals surface area (Å²) in [5.41, 5.74) is 2.27. The van der Waals surface area contributed by atoms with Gasteiger partial charge in [0.25, 0.3) is 5.91 Å². The van der Waals surface area contributed by atoms with E-state index in [1.807, 2.05) is 22.3 Å². The van der Waals surface area contributed by atoms with E-state index in [4.69, 9.17) is 11.6 Å². The van der Waals surface area contributed by atoms with E-state index < -0.39 is 0 Å². The Hall–Kier alpha value is -1.59. The third-order valence-corrected chi connectivity index (χ3v) is 4.52. The number of amides is 1. The van der Waals surface area contributed by atoms with Crippen LogP contribution in [0.1, 0.15) is 30.0 Å². The van der Waals surface area contributed by atoms with Crippen LogP contribution in [-0.4, -0.2) is 57.8 Å². The highest BCUT2D eigenvalue weighted by molar-refractivity contribution is 6.30. The van der Waals surface area contributed by atoms with Gasteiger partial charge in [-0.3, -0.25) is 9.20 Å². The predicted octanol–water partition coefficient (Wildman–Crippen LogP) is 2.33. The fourth-order valence-corrected chi connectivity index (χ4v) is 3.12. The lowest BCUT2D eigenvalue weighted by atomic mass is 10.2. The van der Waals surface area contributed by atoms with Crippen LogP contribution in [0.3, 0.4) is 0 Å². The Bertz CT molecular complexity index is 689. The molecule has 1 aliphatic heterocycles. The highest BCUT2D eigenvalue weighted by Crippen LogP contribution is 2.19. The van der Waals surface area contributed by atoms with Gasteiger partial charge in [0.05, 0.1) is 10.7 Å². The van der Waals surface area contributed by atoms with Gasteiger partial charge < -0.3 is 9.80 Å². The smallest absolute Gasteiger partial charge is 0.272 e. The van der Waals surface area contributed by atoms with Gasteiger partial charge in [-0.2, -0.15) is 0 Å². The van der Waals surface area contributed by atoms with Crippen molar-refractivity contribution in [2.75, 3.05) is 32.7 Å². The summed E-state index contributed by atoms with van der Waals surface area (Å²) < 4.78 is 1.83. The average Bonchev–Trinajstić information content (AvgIpc) is 2.92. The van der Waals surface area contributed by atoms with Crippen LogP contribution in [0.4, 0.5) is 0 Å². The molecule has 5 nitrogen and oxygen atoms in total. The first-order valence-corrected chi connectivity index (χ1v) is 8.20. The van der Waals surface area contributed by atoms with Crippen molar-refractivity contribution in [3.05, 3.63) is 34.7 Å². The summed E-state index contributed by atoms with van der Waals surface area (Å²) >= 11 is 6.09. The van der Waals surface area contributed by atoms with Crippen molar-refractivity contribution in [1.82, 2.24) is 19.2 Å². The van der Waals surface area contributed by atoms with Crippen LogP contribution in [0.5, 0.6) is 0 Å². The number of imidazole rings is 1. The molecule has 6 heteroatoms. The third-order valence-electron chi connectivity index (χ3n) is 4.30. The molecule has 0 unspecified atom stereocenters. The summed E-state index contributed by atoms with van der Waals surface area (Å²) in [6, 6.07) is 3.66. The number of nitrogens with zero attached hydrogens (tertiary/aromatic N) is 4. The van der Waals surface area contributed by atoms with Gasteiger partial charge in [-0.05, 0) is 25.1 Å². The first-order valence-electron chi connectivity index (χ1n) is 7.82. The maximum atomic E-state index is 13.0. The maximum absolute atomic E-state index is 13.0. The van der Waals surface area contributed by atoms with E-state index in [1.165, 1.54) is 0 Å². The van der Waals surface area contributed by atoms with Gasteiger partial charge in [-0.25, -0.2) is 4.98 Å². The normalized spacial score (nSPS) is 16.4. The second-order valence-electron chi connectivity index (χ2n) is 5.56. The maximum Gasteiger partial charge on any atom is 0.272 e. The van der Waals surface area contributed by atoms with Crippen molar-refractivity contribution >= 4 is 23.2 Å². The van der Waals surface area contributed by atoms with Crippen molar-refractivity contribution in [2.45, 2.75) is 20.3 Å². The topological polar surface area (TPSA) is 40.9 Å². The van der Waals surface area contributed by atoms with Crippen molar-refractivity contribution in [3.8, 4) is 0 Å². The van der Waals surface area contributed by atoms with Gasteiger partial charge in [0.15, 0.2) is 0 Å². The first-order chi connectivity index (χ1) is 10.6. The van der Waals surface area contributed by atoms with Gasteiger partial charge in [0, 0.05) is 32.4 Å². The van der Waals surface area contributed by atoms with Gasteiger partial charge >= 0.3 is 0 Å². The Morgan fingerprint density at radius 1 is 1.23 bits per heavy atom. The molecule has 118 valence electrons. The molecular formula is C16H21ClN4O. The van der Waals surface area contributed by atoms with Crippen LogP contribution in [-0.2, 0) is 6.42 Å². The Kier molecular flexibility index (Phi) is 4.36. The Morgan fingerprint density at radius 2 is 1.95 bits per heavy atom. The molecule has 3 rings (SSSR count). The van der Waals surface area contributed by atoms with Gasteiger partial charge in [-0.15, -0.1) is 0 Å². The number of piperazine rings is 1. The van der Waals surface area contributed by atoms with Crippen molar-refractivity contribution in [2.24, 2.45) is 0 Å². The van der Waals surface area contributed by atoms with Crippen LogP contribution in [0.15, 0.2) is 18.3 Å². The highest BCUT2D eigenvalue weighted by Gasteiger charge is 2.26. The molecule has 0 saturated carbocycles. The van der Waals surface area contributed by atoms with Gasteiger partial charge in [-0.1, -0.05) is 25.4 Å². The third kappa shape index (κ3) is 2.71. The molecule has 3 heterocycles. The number of carbonyl (C=O) groups excluding carboxylic acids is 1. The van der Waals surface area contributed by atoms with Crippen LogP contribution in [0, 0.1) is 0 Å². The Balaban J connectivity index is 1.95. The molecule has 0 radical (unpaired) electrons. The van der Waals surface area contributed by atoms with E-state index in [0.717, 1.165) is 50.5 Å². The molecule has 2 aromatic rings. The molecule has 0 aromatic carbocycles. The number of rotatable bonds is 3. The molecule has 0 bridgehead atoms. The molecule has 1 saturated heterocycles. The molecule has 1 amide bonds. The van der Waals surface area contributed by atoms with Crippen molar-refractivity contribution in [1.29, 1.82) is 0 Å². The van der Waals surface area contributed by atoms with E-state index in [0.29, 0.717) is 10.7 Å². The zero-order chi connectivity index (χ0) is 15.7. The van der Waals surface area contributed by atoms with E-state index in [1.54, 1.807) is 12.3 Å². The minimum atomic E-state index is 0.0577. The SMILES string of the molecule is CCc1nc2ccc(Cl)cn2c1C(=O)N1CCN(CC)CC1. The molecule has 0 spiro atoms. The summed E-state index contributed by atoms with van der Waals surface area (Å²) in [4.78, 5) is 21.8. The molecule has 0 atom stereocenters. The second kappa shape index (κ2) is 6.26. The highest BCUT2D eigenvalue weighted by atomic mass is 35.5. The van der Waals surface area contributed by atoms with Gasteiger partial charge in [0.2, 0.25) is 0 Å². The van der Waals surface area contributed by atoms with Crippen molar-refractivity contribution in [3.63, 3.8) is 0 Å². The van der Waals surface area contributed by atoms with Crippen LogP contribution >= 0.6 is 11.6 Å². The summed E-state index contributed by atoms with van der Waals surface area (Å²) in [7, 11) is 0. The second-order valence-corrected chi connectivity index (χ2v) is 6.00. The minimum absolute atomic E-state index is 0.0577. The number of hydrogen-bond acceptors (Lipinski definition) is 3. The minimum Gasteiger partial charge on any atom is -0.335 e. The molecule has 2 aromatic heterocycles.